The predicted molar refractivity (Wildman–Crippen MR) is 66.4 cm³/mol. The number of benzene rings is 1. The molecule has 17 heavy (non-hydrogen) atoms. The van der Waals surface area contributed by atoms with Crippen LogP contribution in [-0.2, 0) is 5.75 Å². The highest BCUT2D eigenvalue weighted by molar-refractivity contribution is 7.98. The van der Waals surface area contributed by atoms with Crippen molar-refractivity contribution in [1.82, 2.24) is 4.98 Å². The predicted octanol–water partition coefficient (Wildman–Crippen LogP) is 3.31. The molecule has 0 bridgehead atoms. The molecule has 1 aromatic carbocycles. The minimum Gasteiger partial charge on any atom is -0.437 e. The van der Waals surface area contributed by atoms with Crippen LogP contribution in [-0.4, -0.2) is 4.98 Å². The third-order valence-electron chi connectivity index (χ3n) is 2.50. The van der Waals surface area contributed by atoms with Gasteiger partial charge >= 0.3 is 0 Å². The molecule has 0 amide bonds. The summed E-state index contributed by atoms with van der Waals surface area (Å²) in [6.45, 7) is 3.73. The molecule has 0 aliphatic carbocycles. The standard InChI is InChI=1S/C12H13FN2OS/c1-7-8(2)16-12(15-7)17-6-9-10(13)4-3-5-11(9)14/h3-5H,6,14H2,1-2H3. The van der Waals surface area contributed by atoms with E-state index in [1.807, 2.05) is 13.8 Å². The van der Waals surface area contributed by atoms with Crippen molar-refractivity contribution in [1.29, 1.82) is 0 Å². The van der Waals surface area contributed by atoms with Crippen LogP contribution in [0.15, 0.2) is 27.8 Å². The van der Waals surface area contributed by atoms with Crippen molar-refractivity contribution in [3.8, 4) is 0 Å². The van der Waals surface area contributed by atoms with Crippen LogP contribution in [0.4, 0.5) is 10.1 Å². The summed E-state index contributed by atoms with van der Waals surface area (Å²) in [7, 11) is 0. The molecule has 1 heterocycles. The number of rotatable bonds is 3. The van der Waals surface area contributed by atoms with Gasteiger partial charge in [0.05, 0.1) is 5.69 Å². The molecule has 2 aromatic rings. The van der Waals surface area contributed by atoms with E-state index < -0.39 is 0 Å². The lowest BCUT2D eigenvalue weighted by Crippen LogP contribution is -1.96. The number of aromatic nitrogens is 1. The number of hydrogen-bond acceptors (Lipinski definition) is 4. The van der Waals surface area contributed by atoms with E-state index in [9.17, 15) is 4.39 Å². The first-order valence-corrected chi connectivity index (χ1v) is 6.16. The normalized spacial score (nSPS) is 10.8. The summed E-state index contributed by atoms with van der Waals surface area (Å²) < 4.78 is 18.9. The van der Waals surface area contributed by atoms with Gasteiger partial charge in [-0.05, 0) is 26.0 Å². The molecule has 0 aliphatic heterocycles. The molecular weight excluding hydrogens is 239 g/mol. The largest absolute Gasteiger partial charge is 0.437 e. The van der Waals surface area contributed by atoms with Gasteiger partial charge in [-0.25, -0.2) is 9.37 Å². The van der Waals surface area contributed by atoms with Gasteiger partial charge in [0.2, 0.25) is 0 Å². The molecule has 0 saturated carbocycles. The second-order valence-corrected chi connectivity index (χ2v) is 4.64. The average Bonchev–Trinajstić information content (AvgIpc) is 2.58. The maximum atomic E-state index is 13.5. The quantitative estimate of drug-likeness (QED) is 0.672. The Balaban J connectivity index is 2.12. The highest BCUT2D eigenvalue weighted by Gasteiger charge is 2.10. The zero-order chi connectivity index (χ0) is 12.4. The topological polar surface area (TPSA) is 52.0 Å². The van der Waals surface area contributed by atoms with Crippen LogP contribution >= 0.6 is 11.8 Å². The molecule has 0 aliphatic rings. The van der Waals surface area contributed by atoms with Crippen LogP contribution < -0.4 is 5.73 Å². The number of nitrogens with zero attached hydrogens (tertiary/aromatic N) is 1. The van der Waals surface area contributed by atoms with Crippen LogP contribution in [0.5, 0.6) is 0 Å². The molecule has 2 N–H and O–H groups in total. The zero-order valence-electron chi connectivity index (χ0n) is 9.66. The third-order valence-corrected chi connectivity index (χ3v) is 3.36. The Labute approximate surface area is 103 Å². The van der Waals surface area contributed by atoms with Crippen LogP contribution in [0.3, 0.4) is 0 Å². The first-order valence-electron chi connectivity index (χ1n) is 5.17. The Kier molecular flexibility index (Phi) is 3.38. The number of thioether (sulfide) groups is 1. The summed E-state index contributed by atoms with van der Waals surface area (Å²) in [6.07, 6.45) is 0. The highest BCUT2D eigenvalue weighted by Crippen LogP contribution is 2.27. The lowest BCUT2D eigenvalue weighted by atomic mass is 10.2. The van der Waals surface area contributed by atoms with Gasteiger partial charge in [-0.3, -0.25) is 0 Å². The highest BCUT2D eigenvalue weighted by atomic mass is 32.2. The number of nitrogen functional groups attached to an aromatic ring is 1. The fourth-order valence-corrected chi connectivity index (χ4v) is 2.32. The van der Waals surface area contributed by atoms with Crippen molar-refractivity contribution in [3.05, 3.63) is 41.0 Å². The smallest absolute Gasteiger partial charge is 0.256 e. The molecule has 0 saturated heterocycles. The molecule has 0 radical (unpaired) electrons. The number of anilines is 1. The minimum atomic E-state index is -0.294. The van der Waals surface area contributed by atoms with E-state index in [-0.39, 0.29) is 5.82 Å². The Morgan fingerprint density at radius 2 is 2.18 bits per heavy atom. The molecule has 0 fully saturated rings. The third kappa shape index (κ3) is 2.61. The van der Waals surface area contributed by atoms with Gasteiger partial charge in [0.1, 0.15) is 11.6 Å². The van der Waals surface area contributed by atoms with Gasteiger partial charge in [0, 0.05) is 17.0 Å². The van der Waals surface area contributed by atoms with Gasteiger partial charge in [-0.2, -0.15) is 0 Å². The molecule has 0 unspecified atom stereocenters. The van der Waals surface area contributed by atoms with E-state index in [1.54, 1.807) is 12.1 Å². The first kappa shape index (κ1) is 12.0. The average molecular weight is 252 g/mol. The van der Waals surface area contributed by atoms with Crippen molar-refractivity contribution in [3.63, 3.8) is 0 Å². The SMILES string of the molecule is Cc1nc(SCc2c(N)cccc2F)oc1C. The van der Waals surface area contributed by atoms with Crippen LogP contribution in [0.2, 0.25) is 0 Å². The van der Waals surface area contributed by atoms with Crippen LogP contribution in [0.25, 0.3) is 0 Å². The number of hydrogen-bond donors (Lipinski definition) is 1. The molecule has 2 rings (SSSR count). The Morgan fingerprint density at radius 1 is 1.41 bits per heavy atom. The van der Waals surface area contributed by atoms with E-state index in [2.05, 4.69) is 4.98 Å². The zero-order valence-corrected chi connectivity index (χ0v) is 10.5. The van der Waals surface area contributed by atoms with Crippen molar-refractivity contribution in [2.45, 2.75) is 24.8 Å². The van der Waals surface area contributed by atoms with E-state index in [4.69, 9.17) is 10.2 Å². The van der Waals surface area contributed by atoms with E-state index >= 15 is 0 Å². The number of halogens is 1. The molecule has 90 valence electrons. The monoisotopic (exact) mass is 252 g/mol. The van der Waals surface area contributed by atoms with Gasteiger partial charge < -0.3 is 10.2 Å². The Bertz CT molecular complexity index is 500. The van der Waals surface area contributed by atoms with Crippen molar-refractivity contribution >= 4 is 17.4 Å². The second-order valence-electron chi connectivity index (χ2n) is 3.72. The number of oxazole rings is 1. The van der Waals surface area contributed by atoms with Crippen molar-refractivity contribution in [2.24, 2.45) is 0 Å². The van der Waals surface area contributed by atoms with Crippen molar-refractivity contribution < 1.29 is 8.81 Å². The fraction of sp³-hybridized carbons (Fsp3) is 0.250. The van der Waals surface area contributed by atoms with E-state index in [0.29, 0.717) is 22.2 Å². The molecule has 5 heteroatoms. The Hall–Kier alpha value is -1.49. The van der Waals surface area contributed by atoms with Crippen molar-refractivity contribution in [2.75, 3.05) is 5.73 Å². The fourth-order valence-electron chi connectivity index (χ4n) is 1.37. The maximum absolute atomic E-state index is 13.5. The summed E-state index contributed by atoms with van der Waals surface area (Å²) in [5, 5.41) is 0.544. The minimum absolute atomic E-state index is 0.294. The van der Waals surface area contributed by atoms with Gasteiger partial charge in [-0.15, -0.1) is 0 Å². The lowest BCUT2D eigenvalue weighted by molar-refractivity contribution is 0.431. The first-order chi connectivity index (χ1) is 8.08. The summed E-state index contributed by atoms with van der Waals surface area (Å²) in [5.41, 5.74) is 7.52. The van der Waals surface area contributed by atoms with Crippen LogP contribution in [0, 0.1) is 19.7 Å². The van der Waals surface area contributed by atoms with Gasteiger partial charge in [0.25, 0.3) is 5.22 Å². The summed E-state index contributed by atoms with van der Waals surface area (Å²) >= 11 is 1.34. The molecule has 1 aromatic heterocycles. The summed E-state index contributed by atoms with van der Waals surface area (Å²) in [6, 6.07) is 4.68. The number of aryl methyl sites for hydroxylation is 2. The van der Waals surface area contributed by atoms with E-state index in [1.165, 1.54) is 17.8 Å². The van der Waals surface area contributed by atoms with Crippen LogP contribution in [0.1, 0.15) is 17.0 Å². The summed E-state index contributed by atoms with van der Waals surface area (Å²) in [5.74, 6) is 0.907. The molecule has 0 spiro atoms. The molecule has 0 atom stereocenters. The lowest BCUT2D eigenvalue weighted by Gasteiger charge is -2.04. The Morgan fingerprint density at radius 3 is 2.76 bits per heavy atom. The number of nitrogens with two attached hydrogens (primary N) is 1. The molecular formula is C12H13FN2OS. The second kappa shape index (κ2) is 4.79. The van der Waals surface area contributed by atoms with E-state index in [0.717, 1.165) is 11.5 Å². The van der Waals surface area contributed by atoms with Gasteiger partial charge in [0.15, 0.2) is 0 Å². The summed E-state index contributed by atoms with van der Waals surface area (Å²) in [4.78, 5) is 4.22. The van der Waals surface area contributed by atoms with Gasteiger partial charge in [-0.1, -0.05) is 17.8 Å². The molecule has 3 nitrogen and oxygen atoms in total. The maximum Gasteiger partial charge on any atom is 0.256 e.